The third kappa shape index (κ3) is 3.32. The van der Waals surface area contributed by atoms with Gasteiger partial charge in [0.25, 0.3) is 5.91 Å². The number of benzene rings is 2. The number of carbonyl (C=O) groups is 1. The van der Waals surface area contributed by atoms with Crippen LogP contribution in [-0.4, -0.2) is 35.4 Å². The van der Waals surface area contributed by atoms with Crippen molar-refractivity contribution in [3.8, 4) is 0 Å². The van der Waals surface area contributed by atoms with E-state index in [9.17, 15) is 4.79 Å². The van der Waals surface area contributed by atoms with Gasteiger partial charge in [0.2, 0.25) is 0 Å². The SMILES string of the molecule is O=C(NC(CO)CO)c1ccc2cc(Br)ccc2c1. The number of halogens is 1. The van der Waals surface area contributed by atoms with Crippen LogP contribution in [0.25, 0.3) is 10.8 Å². The topological polar surface area (TPSA) is 69.6 Å². The highest BCUT2D eigenvalue weighted by molar-refractivity contribution is 9.10. The van der Waals surface area contributed by atoms with Crippen molar-refractivity contribution in [1.82, 2.24) is 5.32 Å². The Morgan fingerprint density at radius 3 is 2.42 bits per heavy atom. The second kappa shape index (κ2) is 6.14. The molecule has 2 aromatic carbocycles. The average Bonchev–Trinajstić information content (AvgIpc) is 2.43. The predicted molar refractivity (Wildman–Crippen MR) is 77.1 cm³/mol. The van der Waals surface area contributed by atoms with Crippen molar-refractivity contribution in [2.75, 3.05) is 13.2 Å². The molecule has 0 fully saturated rings. The van der Waals surface area contributed by atoms with Gasteiger partial charge in [-0.25, -0.2) is 0 Å². The summed E-state index contributed by atoms with van der Waals surface area (Å²) in [6.07, 6.45) is 0. The van der Waals surface area contributed by atoms with E-state index < -0.39 is 6.04 Å². The van der Waals surface area contributed by atoms with Crippen molar-refractivity contribution in [2.45, 2.75) is 6.04 Å². The van der Waals surface area contributed by atoms with Crippen molar-refractivity contribution >= 4 is 32.6 Å². The lowest BCUT2D eigenvalue weighted by Crippen LogP contribution is -2.40. The van der Waals surface area contributed by atoms with E-state index in [1.54, 1.807) is 12.1 Å². The van der Waals surface area contributed by atoms with Gasteiger partial charge in [-0.05, 0) is 35.0 Å². The molecule has 0 aliphatic rings. The van der Waals surface area contributed by atoms with Crippen molar-refractivity contribution < 1.29 is 15.0 Å². The zero-order chi connectivity index (χ0) is 13.8. The number of hydrogen-bond donors (Lipinski definition) is 3. The number of carbonyl (C=O) groups excluding carboxylic acids is 1. The standard InChI is InChI=1S/C14H14BrNO3/c15-12-4-3-9-5-11(2-1-10(9)6-12)14(19)16-13(7-17)8-18/h1-6,13,17-18H,7-8H2,(H,16,19). The summed E-state index contributed by atoms with van der Waals surface area (Å²) in [5.41, 5.74) is 0.502. The van der Waals surface area contributed by atoms with E-state index >= 15 is 0 Å². The number of hydrogen-bond acceptors (Lipinski definition) is 3. The zero-order valence-corrected chi connectivity index (χ0v) is 11.7. The Bertz CT molecular complexity index is 596. The van der Waals surface area contributed by atoms with E-state index in [1.165, 1.54) is 0 Å². The van der Waals surface area contributed by atoms with Crippen molar-refractivity contribution in [2.24, 2.45) is 0 Å². The minimum atomic E-state index is -0.631. The molecule has 5 heteroatoms. The summed E-state index contributed by atoms with van der Waals surface area (Å²) in [6.45, 7) is -0.578. The van der Waals surface area contributed by atoms with Crippen molar-refractivity contribution in [1.29, 1.82) is 0 Å². The molecule has 3 N–H and O–H groups in total. The van der Waals surface area contributed by atoms with Crippen LogP contribution in [0, 0.1) is 0 Å². The molecule has 0 bridgehead atoms. The zero-order valence-electron chi connectivity index (χ0n) is 10.1. The maximum absolute atomic E-state index is 11.9. The molecule has 0 aliphatic carbocycles. The largest absolute Gasteiger partial charge is 0.394 e. The predicted octanol–water partition coefficient (Wildman–Crippen LogP) is 1.69. The molecular formula is C14H14BrNO3. The van der Waals surface area contributed by atoms with Gasteiger partial charge < -0.3 is 15.5 Å². The quantitative estimate of drug-likeness (QED) is 0.802. The molecule has 0 saturated carbocycles. The van der Waals surface area contributed by atoms with Gasteiger partial charge in [-0.1, -0.05) is 28.1 Å². The van der Waals surface area contributed by atoms with Crippen LogP contribution in [0.2, 0.25) is 0 Å². The summed E-state index contributed by atoms with van der Waals surface area (Å²) in [5.74, 6) is -0.307. The molecule has 19 heavy (non-hydrogen) atoms. The molecule has 0 spiro atoms. The first-order valence-corrected chi connectivity index (χ1v) is 6.65. The molecule has 0 radical (unpaired) electrons. The van der Waals surface area contributed by atoms with Gasteiger partial charge in [0.15, 0.2) is 0 Å². The number of rotatable bonds is 4. The Morgan fingerprint density at radius 2 is 1.74 bits per heavy atom. The van der Waals surface area contributed by atoms with Crippen molar-refractivity contribution in [3.63, 3.8) is 0 Å². The Hall–Kier alpha value is -1.43. The summed E-state index contributed by atoms with van der Waals surface area (Å²) in [6, 6.07) is 10.5. The van der Waals surface area contributed by atoms with Crippen LogP contribution < -0.4 is 5.32 Å². The molecule has 0 saturated heterocycles. The maximum atomic E-state index is 11.9. The molecule has 0 heterocycles. The molecule has 0 atom stereocenters. The van der Waals surface area contributed by atoms with E-state index in [1.807, 2.05) is 24.3 Å². The van der Waals surface area contributed by atoms with Crippen LogP contribution in [0.3, 0.4) is 0 Å². The van der Waals surface area contributed by atoms with Crippen LogP contribution in [0.4, 0.5) is 0 Å². The van der Waals surface area contributed by atoms with E-state index in [4.69, 9.17) is 10.2 Å². The van der Waals surface area contributed by atoms with Crippen LogP contribution in [-0.2, 0) is 0 Å². The third-order valence-electron chi connectivity index (χ3n) is 2.84. The first kappa shape index (κ1) is 14.0. The highest BCUT2D eigenvalue weighted by atomic mass is 79.9. The van der Waals surface area contributed by atoms with E-state index in [2.05, 4.69) is 21.2 Å². The highest BCUT2D eigenvalue weighted by Gasteiger charge is 2.12. The molecule has 0 aromatic heterocycles. The van der Waals surface area contributed by atoms with Gasteiger partial charge in [0.05, 0.1) is 19.3 Å². The molecule has 2 rings (SSSR count). The fraction of sp³-hybridized carbons (Fsp3) is 0.214. The monoisotopic (exact) mass is 323 g/mol. The normalized spacial score (nSPS) is 10.9. The Balaban J connectivity index is 2.25. The summed E-state index contributed by atoms with van der Waals surface area (Å²) in [7, 11) is 0. The first-order chi connectivity index (χ1) is 9.13. The molecule has 100 valence electrons. The Morgan fingerprint density at radius 1 is 1.11 bits per heavy atom. The highest BCUT2D eigenvalue weighted by Crippen LogP contribution is 2.20. The second-order valence-corrected chi connectivity index (χ2v) is 5.16. The number of amides is 1. The van der Waals surface area contributed by atoms with Crippen molar-refractivity contribution in [3.05, 3.63) is 46.4 Å². The van der Waals surface area contributed by atoms with Gasteiger partial charge in [-0.3, -0.25) is 4.79 Å². The van der Waals surface area contributed by atoms with Gasteiger partial charge in [0, 0.05) is 10.0 Å². The lowest BCUT2D eigenvalue weighted by Gasteiger charge is -2.13. The minimum Gasteiger partial charge on any atom is -0.394 e. The second-order valence-electron chi connectivity index (χ2n) is 4.24. The van der Waals surface area contributed by atoms with Gasteiger partial charge in [0.1, 0.15) is 0 Å². The molecular weight excluding hydrogens is 310 g/mol. The molecule has 0 unspecified atom stereocenters. The van der Waals surface area contributed by atoms with Gasteiger partial charge in [-0.15, -0.1) is 0 Å². The number of aliphatic hydroxyl groups is 2. The Kier molecular flexibility index (Phi) is 4.52. The van der Waals surface area contributed by atoms with Crippen LogP contribution in [0.5, 0.6) is 0 Å². The third-order valence-corrected chi connectivity index (χ3v) is 3.33. The molecule has 1 amide bonds. The minimum absolute atomic E-state index is 0.289. The number of fused-ring (bicyclic) bond motifs is 1. The molecule has 4 nitrogen and oxygen atoms in total. The smallest absolute Gasteiger partial charge is 0.251 e. The Labute approximate surface area is 119 Å². The van der Waals surface area contributed by atoms with Gasteiger partial charge >= 0.3 is 0 Å². The molecule has 2 aromatic rings. The summed E-state index contributed by atoms with van der Waals surface area (Å²) in [4.78, 5) is 11.9. The lowest BCUT2D eigenvalue weighted by atomic mass is 10.1. The summed E-state index contributed by atoms with van der Waals surface area (Å²) >= 11 is 3.40. The summed E-state index contributed by atoms with van der Waals surface area (Å²) in [5, 5.41) is 22.4. The average molecular weight is 324 g/mol. The van der Waals surface area contributed by atoms with Crippen LogP contribution in [0.15, 0.2) is 40.9 Å². The maximum Gasteiger partial charge on any atom is 0.251 e. The summed E-state index contributed by atoms with van der Waals surface area (Å²) < 4.78 is 0.984. The van der Waals surface area contributed by atoms with E-state index in [0.717, 1.165) is 15.2 Å². The fourth-order valence-electron chi connectivity index (χ4n) is 1.78. The first-order valence-electron chi connectivity index (χ1n) is 5.86. The number of nitrogens with one attached hydrogen (secondary N) is 1. The van der Waals surface area contributed by atoms with Crippen LogP contribution in [0.1, 0.15) is 10.4 Å². The molecule has 0 aliphatic heterocycles. The van der Waals surface area contributed by atoms with E-state index in [-0.39, 0.29) is 19.1 Å². The van der Waals surface area contributed by atoms with Gasteiger partial charge in [-0.2, -0.15) is 0 Å². The number of aliphatic hydroxyl groups excluding tert-OH is 2. The van der Waals surface area contributed by atoms with Crippen LogP contribution >= 0.6 is 15.9 Å². The fourth-order valence-corrected chi connectivity index (χ4v) is 2.15. The van der Waals surface area contributed by atoms with E-state index in [0.29, 0.717) is 5.56 Å². The lowest BCUT2D eigenvalue weighted by molar-refractivity contribution is 0.0879.